The minimum Gasteiger partial charge on any atom is -0.303 e. The van der Waals surface area contributed by atoms with Crippen LogP contribution >= 0.6 is 0 Å². The largest absolute Gasteiger partial charge is 0.330 e. The number of hydrogen-bond donors (Lipinski definition) is 0. The van der Waals surface area contributed by atoms with E-state index in [9.17, 15) is 9.59 Å². The highest BCUT2D eigenvalue weighted by Gasteiger charge is 2.01. The molecule has 0 saturated carbocycles. The number of nitrogens with zero attached hydrogens (tertiary/aromatic N) is 2. The van der Waals surface area contributed by atoms with Gasteiger partial charge in [0.15, 0.2) is 0 Å². The first-order chi connectivity index (χ1) is 8.66. The van der Waals surface area contributed by atoms with E-state index in [1.54, 1.807) is 7.05 Å². The lowest BCUT2D eigenvalue weighted by molar-refractivity contribution is 0.536. The van der Waals surface area contributed by atoms with Crippen LogP contribution in [-0.2, 0) is 13.6 Å². The van der Waals surface area contributed by atoms with E-state index in [0.29, 0.717) is 6.54 Å². The van der Waals surface area contributed by atoms with E-state index < -0.39 is 0 Å². The third-order valence-corrected chi connectivity index (χ3v) is 2.89. The summed E-state index contributed by atoms with van der Waals surface area (Å²) in [4.78, 5) is 23.2. The van der Waals surface area contributed by atoms with E-state index in [1.807, 2.05) is 0 Å². The fourth-order valence-electron chi connectivity index (χ4n) is 1.81. The van der Waals surface area contributed by atoms with Crippen molar-refractivity contribution in [2.24, 2.45) is 7.05 Å². The Labute approximate surface area is 108 Å². The molecular weight excluding hydrogens is 228 g/mol. The topological polar surface area (TPSA) is 44.0 Å². The Balaban J connectivity index is 2.41. The Morgan fingerprint density at radius 2 is 1.94 bits per heavy atom. The maximum atomic E-state index is 11.7. The maximum Gasteiger partial charge on any atom is 0.330 e. The molecule has 1 aromatic rings. The number of allylic oxidation sites excluding steroid dienone is 2. The van der Waals surface area contributed by atoms with Crippen molar-refractivity contribution in [1.82, 2.24) is 9.13 Å². The normalized spacial score (nSPS) is 11.2. The second-order valence-corrected chi connectivity index (χ2v) is 4.43. The molecule has 0 spiro atoms. The minimum atomic E-state index is -0.228. The SMILES string of the molecule is CCC=CCCCCCn1c(=O)ccn(C)c1=O. The molecule has 0 atom stereocenters. The molecule has 0 saturated heterocycles. The van der Waals surface area contributed by atoms with E-state index in [-0.39, 0.29) is 11.2 Å². The van der Waals surface area contributed by atoms with E-state index >= 15 is 0 Å². The quantitative estimate of drug-likeness (QED) is 0.549. The molecule has 0 aliphatic carbocycles. The number of aromatic nitrogens is 2. The van der Waals surface area contributed by atoms with Crippen LogP contribution in [0.2, 0.25) is 0 Å². The molecule has 1 heterocycles. The smallest absolute Gasteiger partial charge is 0.303 e. The van der Waals surface area contributed by atoms with Crippen LogP contribution in [0.1, 0.15) is 39.0 Å². The maximum absolute atomic E-state index is 11.7. The molecule has 1 rings (SSSR count). The third-order valence-electron chi connectivity index (χ3n) is 2.89. The predicted molar refractivity (Wildman–Crippen MR) is 73.8 cm³/mol. The van der Waals surface area contributed by atoms with Crippen LogP contribution < -0.4 is 11.2 Å². The first kappa shape index (κ1) is 14.5. The van der Waals surface area contributed by atoms with Crippen molar-refractivity contribution in [2.75, 3.05) is 0 Å². The summed E-state index contributed by atoms with van der Waals surface area (Å²) in [5.74, 6) is 0. The highest BCUT2D eigenvalue weighted by Crippen LogP contribution is 2.01. The highest BCUT2D eigenvalue weighted by molar-refractivity contribution is 4.85. The zero-order valence-electron chi connectivity index (χ0n) is 11.3. The van der Waals surface area contributed by atoms with Crippen molar-refractivity contribution in [3.63, 3.8) is 0 Å². The summed E-state index contributed by atoms with van der Waals surface area (Å²) in [7, 11) is 1.66. The molecule has 0 bridgehead atoms. The summed E-state index contributed by atoms with van der Waals surface area (Å²) in [5, 5.41) is 0. The molecule has 0 aliphatic rings. The summed E-state index contributed by atoms with van der Waals surface area (Å²) in [6, 6.07) is 1.44. The fourth-order valence-corrected chi connectivity index (χ4v) is 1.81. The second kappa shape index (κ2) is 7.69. The minimum absolute atomic E-state index is 0.205. The molecule has 0 aromatic carbocycles. The first-order valence-corrected chi connectivity index (χ1v) is 6.58. The van der Waals surface area contributed by atoms with Crippen LogP contribution in [-0.4, -0.2) is 9.13 Å². The number of hydrogen-bond acceptors (Lipinski definition) is 2. The lowest BCUT2D eigenvalue weighted by Gasteiger charge is -2.05. The number of aryl methyl sites for hydroxylation is 1. The predicted octanol–water partition coefficient (Wildman–Crippen LogP) is 2.07. The van der Waals surface area contributed by atoms with Crippen LogP contribution in [0.5, 0.6) is 0 Å². The van der Waals surface area contributed by atoms with Gasteiger partial charge in [0.25, 0.3) is 5.56 Å². The van der Waals surface area contributed by atoms with Crippen molar-refractivity contribution in [1.29, 1.82) is 0 Å². The van der Waals surface area contributed by atoms with E-state index in [0.717, 1.165) is 32.1 Å². The number of rotatable bonds is 7. The van der Waals surface area contributed by atoms with Gasteiger partial charge in [-0.25, -0.2) is 4.79 Å². The van der Waals surface area contributed by atoms with Crippen molar-refractivity contribution in [3.8, 4) is 0 Å². The molecule has 18 heavy (non-hydrogen) atoms. The molecule has 0 fully saturated rings. The van der Waals surface area contributed by atoms with Gasteiger partial charge < -0.3 is 4.57 Å². The van der Waals surface area contributed by atoms with Crippen LogP contribution in [0.15, 0.2) is 34.0 Å². The summed E-state index contributed by atoms with van der Waals surface area (Å²) in [5.41, 5.74) is -0.433. The molecule has 0 unspecified atom stereocenters. The van der Waals surface area contributed by atoms with Gasteiger partial charge >= 0.3 is 5.69 Å². The molecule has 100 valence electrons. The van der Waals surface area contributed by atoms with Crippen LogP contribution in [0.4, 0.5) is 0 Å². The van der Waals surface area contributed by atoms with E-state index in [4.69, 9.17) is 0 Å². The Hall–Kier alpha value is -1.58. The third kappa shape index (κ3) is 4.35. The summed E-state index contributed by atoms with van der Waals surface area (Å²) >= 11 is 0. The van der Waals surface area contributed by atoms with Gasteiger partial charge in [-0.1, -0.05) is 25.5 Å². The van der Waals surface area contributed by atoms with Crippen LogP contribution in [0.3, 0.4) is 0 Å². The Bertz CT molecular complexity index is 497. The van der Waals surface area contributed by atoms with Gasteiger partial charge in [0.05, 0.1) is 0 Å². The monoisotopic (exact) mass is 250 g/mol. The lowest BCUT2D eigenvalue weighted by Crippen LogP contribution is -2.37. The fraction of sp³-hybridized carbons (Fsp3) is 0.571. The lowest BCUT2D eigenvalue weighted by atomic mass is 10.2. The average Bonchev–Trinajstić information content (AvgIpc) is 2.36. The van der Waals surface area contributed by atoms with Gasteiger partial charge in [-0.2, -0.15) is 0 Å². The Morgan fingerprint density at radius 1 is 1.17 bits per heavy atom. The van der Waals surface area contributed by atoms with Crippen molar-refractivity contribution in [3.05, 3.63) is 45.3 Å². The molecule has 1 aromatic heterocycles. The van der Waals surface area contributed by atoms with Crippen molar-refractivity contribution < 1.29 is 0 Å². The van der Waals surface area contributed by atoms with Gasteiger partial charge in [0.2, 0.25) is 0 Å². The van der Waals surface area contributed by atoms with Crippen molar-refractivity contribution in [2.45, 2.75) is 45.6 Å². The Kier molecular flexibility index (Phi) is 6.19. The highest BCUT2D eigenvalue weighted by atomic mass is 16.2. The zero-order chi connectivity index (χ0) is 13.4. The Morgan fingerprint density at radius 3 is 2.67 bits per heavy atom. The average molecular weight is 250 g/mol. The molecule has 0 aliphatic heterocycles. The summed E-state index contributed by atoms with van der Waals surface area (Å²) < 4.78 is 2.74. The summed E-state index contributed by atoms with van der Waals surface area (Å²) in [6.45, 7) is 2.64. The van der Waals surface area contributed by atoms with Crippen LogP contribution in [0.25, 0.3) is 0 Å². The van der Waals surface area contributed by atoms with Gasteiger partial charge in [-0.05, 0) is 25.7 Å². The van der Waals surface area contributed by atoms with Gasteiger partial charge in [0, 0.05) is 25.9 Å². The molecular formula is C14H22N2O2. The molecule has 0 amide bonds. The van der Waals surface area contributed by atoms with Gasteiger partial charge in [-0.15, -0.1) is 0 Å². The molecule has 0 N–H and O–H groups in total. The van der Waals surface area contributed by atoms with Gasteiger partial charge in [-0.3, -0.25) is 9.36 Å². The zero-order valence-corrected chi connectivity index (χ0v) is 11.3. The first-order valence-electron chi connectivity index (χ1n) is 6.58. The summed E-state index contributed by atoms with van der Waals surface area (Å²) in [6.07, 6.45) is 11.0. The van der Waals surface area contributed by atoms with Crippen molar-refractivity contribution >= 4 is 0 Å². The number of unbranched alkanes of at least 4 members (excludes halogenated alkanes) is 3. The van der Waals surface area contributed by atoms with Crippen LogP contribution in [0, 0.1) is 0 Å². The molecule has 4 heteroatoms. The second-order valence-electron chi connectivity index (χ2n) is 4.43. The molecule has 0 radical (unpaired) electrons. The molecule has 4 nitrogen and oxygen atoms in total. The van der Waals surface area contributed by atoms with E-state index in [2.05, 4.69) is 19.1 Å². The van der Waals surface area contributed by atoms with E-state index in [1.165, 1.54) is 21.4 Å². The standard InChI is InChI=1S/C14H22N2O2/c1-3-4-5-6-7-8-9-11-16-13(17)10-12-15(2)14(16)18/h4-5,10,12H,3,6-9,11H2,1-2H3. The van der Waals surface area contributed by atoms with Gasteiger partial charge in [0.1, 0.15) is 0 Å².